The van der Waals surface area contributed by atoms with E-state index < -0.39 is 18.3 Å². The first kappa shape index (κ1) is 20.1. The topological polar surface area (TPSA) is 69.0 Å². The summed E-state index contributed by atoms with van der Waals surface area (Å²) in [7, 11) is 0. The van der Waals surface area contributed by atoms with Gasteiger partial charge in [-0.2, -0.15) is 23.3 Å². The van der Waals surface area contributed by atoms with E-state index in [1.807, 2.05) is 6.07 Å². The number of aromatic hydroxyl groups is 1. The van der Waals surface area contributed by atoms with Crippen LogP contribution in [0.2, 0.25) is 0 Å². The van der Waals surface area contributed by atoms with Crippen LogP contribution in [-0.4, -0.2) is 32.8 Å². The summed E-state index contributed by atoms with van der Waals surface area (Å²) in [6, 6.07) is 15.4. The highest BCUT2D eigenvalue weighted by Gasteiger charge is 2.62. The van der Waals surface area contributed by atoms with Gasteiger partial charge in [0.15, 0.2) is 0 Å². The fourth-order valence-corrected chi connectivity index (χ4v) is 3.85. The summed E-state index contributed by atoms with van der Waals surface area (Å²) in [5.74, 6) is -0.0114. The second-order valence-corrected chi connectivity index (χ2v) is 7.50. The zero-order chi connectivity index (χ0) is 21.4. The van der Waals surface area contributed by atoms with Gasteiger partial charge >= 0.3 is 6.18 Å². The van der Waals surface area contributed by atoms with Gasteiger partial charge in [0.2, 0.25) is 5.13 Å². The van der Waals surface area contributed by atoms with Crippen LogP contribution in [0.25, 0.3) is 17.3 Å². The quantitative estimate of drug-likeness (QED) is 0.607. The lowest BCUT2D eigenvalue weighted by atomic mass is 10.1. The van der Waals surface area contributed by atoms with Crippen molar-refractivity contribution in [2.24, 2.45) is 5.10 Å². The minimum atomic E-state index is -4.96. The van der Waals surface area contributed by atoms with Gasteiger partial charge in [-0.25, -0.2) is 4.98 Å². The lowest BCUT2D eigenvalue weighted by Gasteiger charge is -2.32. The Morgan fingerprint density at radius 3 is 2.43 bits per heavy atom. The third kappa shape index (κ3) is 3.69. The second-order valence-electron chi connectivity index (χ2n) is 6.67. The molecule has 30 heavy (non-hydrogen) atoms. The Balaban J connectivity index is 1.68. The summed E-state index contributed by atoms with van der Waals surface area (Å²) in [6.45, 7) is 0. The molecule has 0 fully saturated rings. The molecule has 4 rings (SSSR count). The number of allylic oxidation sites excluding steroid dienone is 1. The summed E-state index contributed by atoms with van der Waals surface area (Å²) in [5, 5.41) is 26.4. The summed E-state index contributed by atoms with van der Waals surface area (Å²) in [4.78, 5) is 4.25. The molecule has 1 aromatic heterocycles. The van der Waals surface area contributed by atoms with Crippen LogP contribution >= 0.6 is 11.3 Å². The average molecular weight is 431 g/mol. The van der Waals surface area contributed by atoms with Crippen LogP contribution in [-0.2, 0) is 0 Å². The number of aromatic nitrogens is 1. The van der Waals surface area contributed by atoms with E-state index in [2.05, 4.69) is 10.1 Å². The molecule has 0 unspecified atom stereocenters. The minimum Gasteiger partial charge on any atom is -0.507 e. The highest BCUT2D eigenvalue weighted by atomic mass is 32.1. The lowest BCUT2D eigenvalue weighted by Crippen LogP contribution is -2.55. The molecule has 0 bridgehead atoms. The van der Waals surface area contributed by atoms with Gasteiger partial charge in [-0.1, -0.05) is 48.5 Å². The molecule has 9 heteroatoms. The summed E-state index contributed by atoms with van der Waals surface area (Å²) >= 11 is 0.963. The van der Waals surface area contributed by atoms with Crippen molar-refractivity contribution in [2.75, 3.05) is 5.01 Å². The van der Waals surface area contributed by atoms with Gasteiger partial charge in [-0.3, -0.25) is 0 Å². The van der Waals surface area contributed by atoms with Gasteiger partial charge in [0.25, 0.3) is 5.72 Å². The number of hydrazone groups is 1. The van der Waals surface area contributed by atoms with E-state index in [0.29, 0.717) is 16.3 Å². The molecule has 0 amide bonds. The lowest BCUT2D eigenvalue weighted by molar-refractivity contribution is -0.254. The highest BCUT2D eigenvalue weighted by molar-refractivity contribution is 7.14. The maximum Gasteiger partial charge on any atom is 0.438 e. The predicted octanol–water partition coefficient (Wildman–Crippen LogP) is 5.05. The molecule has 1 aliphatic rings. The van der Waals surface area contributed by atoms with Crippen molar-refractivity contribution in [3.8, 4) is 17.0 Å². The Hall–Kier alpha value is -3.17. The van der Waals surface area contributed by atoms with Crippen LogP contribution < -0.4 is 5.01 Å². The molecule has 0 aliphatic carbocycles. The molecule has 2 heterocycles. The third-order valence-electron chi connectivity index (χ3n) is 4.60. The minimum absolute atomic E-state index is 0.00883. The number of hydrogen-bond donors (Lipinski definition) is 2. The zero-order valence-corrected chi connectivity index (χ0v) is 16.2. The standard InChI is InChI=1S/C21H16F3N3O2S/c22-21(23,24)20(29)12-16(11-10-15-8-4-5-9-18(15)28)26-27(20)19-25-17(13-30-19)14-6-2-1-3-7-14/h1-11,13,28-29H,12H2/b11-10+/t20-/m1/s1. The van der Waals surface area contributed by atoms with Crippen molar-refractivity contribution in [3.05, 3.63) is 71.6 Å². The van der Waals surface area contributed by atoms with Gasteiger partial charge in [-0.05, 0) is 18.2 Å². The number of benzene rings is 2. The van der Waals surface area contributed by atoms with E-state index >= 15 is 0 Å². The van der Waals surface area contributed by atoms with Crippen molar-refractivity contribution >= 4 is 28.3 Å². The molecule has 1 atom stereocenters. The Kier molecular flexibility index (Phi) is 5.08. The van der Waals surface area contributed by atoms with Crippen LogP contribution in [0.1, 0.15) is 12.0 Å². The van der Waals surface area contributed by atoms with E-state index in [1.54, 1.807) is 47.8 Å². The van der Waals surface area contributed by atoms with Gasteiger partial charge in [0.05, 0.1) is 17.8 Å². The number of phenolic OH excluding ortho intramolecular Hbond substituents is 1. The van der Waals surface area contributed by atoms with Gasteiger partial charge < -0.3 is 10.2 Å². The number of hydrogen-bond acceptors (Lipinski definition) is 6. The van der Waals surface area contributed by atoms with Crippen LogP contribution in [0.15, 0.2) is 71.2 Å². The molecule has 2 N–H and O–H groups in total. The first-order valence-electron chi connectivity index (χ1n) is 8.92. The number of alkyl halides is 3. The molecule has 0 radical (unpaired) electrons. The van der Waals surface area contributed by atoms with E-state index in [-0.39, 0.29) is 16.6 Å². The van der Waals surface area contributed by atoms with Crippen molar-refractivity contribution in [1.29, 1.82) is 0 Å². The Morgan fingerprint density at radius 2 is 1.73 bits per heavy atom. The second kappa shape index (κ2) is 7.58. The fraction of sp³-hybridized carbons (Fsp3) is 0.143. The van der Waals surface area contributed by atoms with Gasteiger partial charge in [-0.15, -0.1) is 11.3 Å². The Labute approximate surface area is 174 Å². The number of rotatable bonds is 4. The van der Waals surface area contributed by atoms with Crippen molar-refractivity contribution < 1.29 is 23.4 Å². The molecule has 5 nitrogen and oxygen atoms in total. The number of para-hydroxylation sites is 1. The van der Waals surface area contributed by atoms with Gasteiger partial charge in [0, 0.05) is 16.5 Å². The molecular weight excluding hydrogens is 415 g/mol. The molecule has 0 saturated carbocycles. The highest BCUT2D eigenvalue weighted by Crippen LogP contribution is 2.44. The van der Waals surface area contributed by atoms with E-state index in [4.69, 9.17) is 0 Å². The number of phenols is 1. The maximum absolute atomic E-state index is 13.8. The van der Waals surface area contributed by atoms with Crippen LogP contribution in [0.5, 0.6) is 5.75 Å². The number of anilines is 1. The Morgan fingerprint density at radius 1 is 1.03 bits per heavy atom. The molecule has 0 spiro atoms. The number of nitrogens with zero attached hydrogens (tertiary/aromatic N) is 3. The maximum atomic E-state index is 13.8. The molecule has 154 valence electrons. The first-order chi connectivity index (χ1) is 14.3. The normalized spacial score (nSPS) is 19.5. The number of thiazole rings is 1. The summed E-state index contributed by atoms with van der Waals surface area (Å²) in [5.41, 5.74) is -1.53. The number of aliphatic hydroxyl groups is 1. The van der Waals surface area contributed by atoms with Crippen molar-refractivity contribution in [3.63, 3.8) is 0 Å². The largest absolute Gasteiger partial charge is 0.507 e. The molecule has 2 aromatic carbocycles. The molecule has 0 saturated heterocycles. The van der Waals surface area contributed by atoms with Crippen molar-refractivity contribution in [2.45, 2.75) is 18.3 Å². The smallest absolute Gasteiger partial charge is 0.438 e. The average Bonchev–Trinajstić information content (AvgIpc) is 3.33. The first-order valence-corrected chi connectivity index (χ1v) is 9.80. The van der Waals surface area contributed by atoms with Crippen LogP contribution in [0, 0.1) is 0 Å². The van der Waals surface area contributed by atoms with E-state index in [9.17, 15) is 23.4 Å². The SMILES string of the molecule is Oc1ccccc1/C=C/C1=NN(c2nc(-c3ccccc3)cs2)[C@](O)(C(F)(F)F)C1. The summed E-state index contributed by atoms with van der Waals surface area (Å²) in [6.07, 6.45) is -2.93. The van der Waals surface area contributed by atoms with E-state index in [1.165, 1.54) is 18.2 Å². The van der Waals surface area contributed by atoms with E-state index in [0.717, 1.165) is 16.9 Å². The Bertz CT molecular complexity index is 1110. The predicted molar refractivity (Wildman–Crippen MR) is 110 cm³/mol. The third-order valence-corrected chi connectivity index (χ3v) is 5.41. The molecule has 1 aliphatic heterocycles. The number of halogens is 3. The van der Waals surface area contributed by atoms with Gasteiger partial charge in [0.1, 0.15) is 5.75 Å². The molecular formula is C21H16F3N3O2S. The van der Waals surface area contributed by atoms with Crippen LogP contribution in [0.3, 0.4) is 0 Å². The fourth-order valence-electron chi connectivity index (χ4n) is 3.01. The monoisotopic (exact) mass is 431 g/mol. The van der Waals surface area contributed by atoms with Crippen LogP contribution in [0.4, 0.5) is 18.3 Å². The molecule has 3 aromatic rings. The van der Waals surface area contributed by atoms with Crippen molar-refractivity contribution in [1.82, 2.24) is 4.98 Å². The zero-order valence-electron chi connectivity index (χ0n) is 15.4. The summed E-state index contributed by atoms with van der Waals surface area (Å²) < 4.78 is 41.3.